The second-order valence-electron chi connectivity index (χ2n) is 3.16. The summed E-state index contributed by atoms with van der Waals surface area (Å²) in [5.41, 5.74) is 5.41. The Hall–Kier alpha value is -1.52. The fourth-order valence-corrected chi connectivity index (χ4v) is 2.18. The number of hydrogen-bond donors (Lipinski definition) is 1. The van der Waals surface area contributed by atoms with Gasteiger partial charge in [-0.25, -0.2) is 13.2 Å². The lowest BCUT2D eigenvalue weighted by Crippen LogP contribution is -2.19. The zero-order chi connectivity index (χ0) is 13.6. The van der Waals surface area contributed by atoms with Crippen LogP contribution in [0.1, 0.15) is 5.56 Å². The maximum absolute atomic E-state index is 11.7. The van der Waals surface area contributed by atoms with Gasteiger partial charge in [0.1, 0.15) is 0 Å². The number of ether oxygens (including phenoxy) is 1. The second-order valence-corrected chi connectivity index (χ2v) is 5.65. The van der Waals surface area contributed by atoms with Gasteiger partial charge < -0.3 is 10.5 Å². The van der Waals surface area contributed by atoms with Crippen molar-refractivity contribution in [2.24, 2.45) is 5.73 Å². The zero-order valence-corrected chi connectivity index (χ0v) is 11.6. The minimum atomic E-state index is -3.67. The lowest BCUT2D eigenvalue weighted by atomic mass is 10.2. The van der Waals surface area contributed by atoms with Crippen molar-refractivity contribution in [1.29, 1.82) is 0 Å². The number of sulfone groups is 1. The highest BCUT2D eigenvalue weighted by Gasteiger charge is 2.15. The van der Waals surface area contributed by atoms with Crippen molar-refractivity contribution in [3.63, 3.8) is 0 Å². The van der Waals surface area contributed by atoms with Crippen molar-refractivity contribution in [2.75, 3.05) is 11.3 Å². The van der Waals surface area contributed by atoms with Crippen LogP contribution in [0.4, 0.5) is 4.79 Å². The number of amides is 1. The van der Waals surface area contributed by atoms with Crippen molar-refractivity contribution in [3.05, 3.63) is 29.8 Å². The van der Waals surface area contributed by atoms with Gasteiger partial charge in [-0.2, -0.15) is 0 Å². The number of alkyl halides is 1. The van der Waals surface area contributed by atoms with Crippen LogP contribution < -0.4 is 5.73 Å². The van der Waals surface area contributed by atoms with E-state index in [4.69, 9.17) is 5.73 Å². The molecule has 18 heavy (non-hydrogen) atoms. The number of rotatable bonds is 3. The minimum Gasteiger partial charge on any atom is -0.433 e. The lowest BCUT2D eigenvalue weighted by molar-refractivity contribution is 0.174. The fourth-order valence-electron chi connectivity index (χ4n) is 1.08. The average molecular weight is 332 g/mol. The fraction of sp³-hybridized carbons (Fsp3) is 0.182. The molecule has 0 saturated carbocycles. The molecule has 1 rings (SSSR count). The zero-order valence-electron chi connectivity index (χ0n) is 9.22. The third-order valence-corrected chi connectivity index (χ3v) is 3.57. The molecular weight excluding hydrogens is 322 g/mol. The highest BCUT2D eigenvalue weighted by molar-refractivity contribution is 9.09. The first-order chi connectivity index (χ1) is 8.45. The third-order valence-electron chi connectivity index (χ3n) is 1.87. The molecule has 96 valence electrons. The van der Waals surface area contributed by atoms with E-state index in [1.54, 1.807) is 12.1 Å². The number of nitrogens with two attached hydrogens (primary N) is 1. The Labute approximate surface area is 113 Å². The normalized spacial score (nSPS) is 10.3. The van der Waals surface area contributed by atoms with Crippen molar-refractivity contribution < 1.29 is 17.9 Å². The smallest absolute Gasteiger partial charge is 0.405 e. The van der Waals surface area contributed by atoms with E-state index in [-0.39, 0.29) is 4.90 Å². The van der Waals surface area contributed by atoms with E-state index in [0.717, 1.165) is 0 Å². The molecule has 0 aliphatic heterocycles. The average Bonchev–Trinajstić information content (AvgIpc) is 2.34. The molecule has 0 spiro atoms. The predicted octanol–water partition coefficient (Wildman–Crippen LogP) is 1.26. The Morgan fingerprint density at radius 1 is 1.33 bits per heavy atom. The molecule has 1 aromatic rings. The molecular formula is C11H10BrNO4S. The number of primary amides is 1. The maximum atomic E-state index is 11.7. The molecule has 0 unspecified atom stereocenters. The summed E-state index contributed by atoms with van der Waals surface area (Å²) < 4.78 is 27.6. The molecule has 2 N–H and O–H groups in total. The van der Waals surface area contributed by atoms with Gasteiger partial charge in [0.2, 0.25) is 9.84 Å². The molecule has 0 radical (unpaired) electrons. The first-order valence-electron chi connectivity index (χ1n) is 4.75. The van der Waals surface area contributed by atoms with Gasteiger partial charge in [0.25, 0.3) is 0 Å². The van der Waals surface area contributed by atoms with E-state index >= 15 is 0 Å². The lowest BCUT2D eigenvalue weighted by Gasteiger charge is -2.04. The minimum absolute atomic E-state index is 0.0492. The van der Waals surface area contributed by atoms with Gasteiger partial charge >= 0.3 is 6.09 Å². The van der Waals surface area contributed by atoms with Gasteiger partial charge in [0.15, 0.2) is 5.94 Å². The van der Waals surface area contributed by atoms with Crippen LogP contribution in [0, 0.1) is 11.8 Å². The number of carbonyl (C=O) groups is 1. The highest BCUT2D eigenvalue weighted by atomic mass is 79.9. The summed E-state index contributed by atoms with van der Waals surface area (Å²) in [6, 6.07) is 5.95. The van der Waals surface area contributed by atoms with E-state index in [9.17, 15) is 13.2 Å². The monoisotopic (exact) mass is 331 g/mol. The highest BCUT2D eigenvalue weighted by Crippen LogP contribution is 2.12. The third kappa shape index (κ3) is 4.39. The summed E-state index contributed by atoms with van der Waals surface area (Å²) >= 11 is 3.16. The van der Waals surface area contributed by atoms with Gasteiger partial charge in [-0.1, -0.05) is 27.8 Å². The summed E-state index contributed by atoms with van der Waals surface area (Å²) in [6.45, 7) is 0. The van der Waals surface area contributed by atoms with E-state index in [2.05, 4.69) is 32.5 Å². The van der Waals surface area contributed by atoms with Crippen molar-refractivity contribution in [1.82, 2.24) is 0 Å². The van der Waals surface area contributed by atoms with Crippen LogP contribution in [-0.4, -0.2) is 25.8 Å². The number of halogens is 1. The molecule has 0 aliphatic rings. The van der Waals surface area contributed by atoms with Crippen LogP contribution in [0.25, 0.3) is 0 Å². The number of benzene rings is 1. The quantitative estimate of drug-likeness (QED) is 0.667. The number of hydrogen-bond acceptors (Lipinski definition) is 4. The molecule has 1 aromatic carbocycles. The maximum Gasteiger partial charge on any atom is 0.405 e. The van der Waals surface area contributed by atoms with Crippen LogP contribution in [0.2, 0.25) is 0 Å². The van der Waals surface area contributed by atoms with Crippen molar-refractivity contribution >= 4 is 31.9 Å². The Kier molecular flexibility index (Phi) is 5.19. The van der Waals surface area contributed by atoms with Gasteiger partial charge in [-0.15, -0.1) is 0 Å². The summed E-state index contributed by atoms with van der Waals surface area (Å²) in [6.07, 6.45) is -1.13. The van der Waals surface area contributed by atoms with Crippen molar-refractivity contribution in [2.45, 2.75) is 4.90 Å². The largest absolute Gasteiger partial charge is 0.433 e. The molecule has 0 aromatic heterocycles. The molecule has 0 fully saturated rings. The van der Waals surface area contributed by atoms with Gasteiger partial charge in [-0.05, 0) is 24.3 Å². The van der Waals surface area contributed by atoms with Gasteiger partial charge in [0.05, 0.1) is 10.2 Å². The standard InChI is InChI=1S/C11H10BrNO4S/c12-7-1-2-9-3-5-10(6-4-9)18(15,16)8-17-11(13)14/h3-6H,7-8H2,(H2,13,14). The molecule has 7 heteroatoms. The van der Waals surface area contributed by atoms with Crippen LogP contribution in [0.15, 0.2) is 29.2 Å². The molecule has 0 aliphatic carbocycles. The SMILES string of the molecule is NC(=O)OCS(=O)(=O)c1ccc(C#CCBr)cc1. The predicted molar refractivity (Wildman–Crippen MR) is 69.8 cm³/mol. The van der Waals surface area contributed by atoms with Crippen LogP contribution >= 0.6 is 15.9 Å². The summed E-state index contributed by atoms with van der Waals surface area (Å²) in [4.78, 5) is 10.4. The van der Waals surface area contributed by atoms with Crippen LogP contribution in [0.3, 0.4) is 0 Å². The first kappa shape index (κ1) is 14.5. The molecule has 1 amide bonds. The molecule has 0 atom stereocenters. The molecule has 0 bridgehead atoms. The van der Waals surface area contributed by atoms with Crippen LogP contribution in [-0.2, 0) is 14.6 Å². The van der Waals surface area contributed by atoms with Crippen molar-refractivity contribution in [3.8, 4) is 11.8 Å². The summed E-state index contributed by atoms with van der Waals surface area (Å²) in [5.74, 6) is 4.85. The second kappa shape index (κ2) is 6.42. The van der Waals surface area contributed by atoms with E-state index in [1.807, 2.05) is 0 Å². The molecule has 0 saturated heterocycles. The Bertz CT molecular complexity index is 584. The van der Waals surface area contributed by atoms with Crippen LogP contribution in [0.5, 0.6) is 0 Å². The van der Waals surface area contributed by atoms with Gasteiger partial charge in [-0.3, -0.25) is 0 Å². The molecule has 0 heterocycles. The Morgan fingerprint density at radius 2 is 1.94 bits per heavy atom. The number of carbonyl (C=O) groups excluding carboxylic acids is 1. The van der Waals surface area contributed by atoms with Gasteiger partial charge in [0, 0.05) is 5.56 Å². The van der Waals surface area contributed by atoms with E-state index in [1.165, 1.54) is 12.1 Å². The Morgan fingerprint density at radius 3 is 2.44 bits per heavy atom. The van der Waals surface area contributed by atoms with E-state index in [0.29, 0.717) is 10.9 Å². The summed E-state index contributed by atoms with van der Waals surface area (Å²) in [5, 5.41) is 0.541. The molecule has 5 nitrogen and oxygen atoms in total. The first-order valence-corrected chi connectivity index (χ1v) is 7.53. The summed E-state index contributed by atoms with van der Waals surface area (Å²) in [7, 11) is -3.67. The topological polar surface area (TPSA) is 86.5 Å². The van der Waals surface area contributed by atoms with E-state index < -0.39 is 21.9 Å². The Balaban J connectivity index is 2.87.